The van der Waals surface area contributed by atoms with E-state index in [9.17, 15) is 9.18 Å². The van der Waals surface area contributed by atoms with Crippen molar-refractivity contribution in [2.45, 2.75) is 32.7 Å². The zero-order valence-corrected chi connectivity index (χ0v) is 14.8. The maximum Gasteiger partial charge on any atom is 0.256 e. The van der Waals surface area contributed by atoms with Crippen LogP contribution in [0.3, 0.4) is 0 Å². The van der Waals surface area contributed by atoms with Crippen molar-refractivity contribution in [2.75, 3.05) is 13.1 Å². The number of amides is 1. The molecule has 132 valence electrons. The number of carbonyl (C=O) groups excluding carboxylic acids is 1. The maximum absolute atomic E-state index is 14.6. The lowest BCUT2D eigenvalue weighted by Gasteiger charge is -2.33. The van der Waals surface area contributed by atoms with Gasteiger partial charge in [-0.1, -0.05) is 35.9 Å². The Balaban J connectivity index is 1.75. The van der Waals surface area contributed by atoms with Crippen molar-refractivity contribution < 1.29 is 9.18 Å². The average molecular weight is 340 g/mol. The second-order valence-electron chi connectivity index (χ2n) is 7.05. The van der Waals surface area contributed by atoms with E-state index >= 15 is 0 Å². The zero-order chi connectivity index (χ0) is 18.0. The molecule has 2 aromatic carbocycles. The highest BCUT2D eigenvalue weighted by Crippen LogP contribution is 2.25. The van der Waals surface area contributed by atoms with Gasteiger partial charge in [0.25, 0.3) is 5.91 Å². The van der Waals surface area contributed by atoms with E-state index in [4.69, 9.17) is 5.73 Å². The van der Waals surface area contributed by atoms with Crippen LogP contribution in [0.25, 0.3) is 11.1 Å². The van der Waals surface area contributed by atoms with Gasteiger partial charge in [0.15, 0.2) is 0 Å². The molecule has 3 nitrogen and oxygen atoms in total. The number of benzene rings is 2. The van der Waals surface area contributed by atoms with E-state index in [-0.39, 0.29) is 17.5 Å². The molecule has 0 aromatic heterocycles. The van der Waals surface area contributed by atoms with Gasteiger partial charge in [0, 0.05) is 19.1 Å². The molecule has 0 spiro atoms. The van der Waals surface area contributed by atoms with Crippen LogP contribution in [0.1, 0.15) is 35.7 Å². The fourth-order valence-electron chi connectivity index (χ4n) is 3.41. The molecule has 1 amide bonds. The summed E-state index contributed by atoms with van der Waals surface area (Å²) in [6.45, 7) is 5.31. The molecule has 2 aromatic rings. The van der Waals surface area contributed by atoms with Gasteiger partial charge in [0.1, 0.15) is 5.82 Å². The molecule has 4 heteroatoms. The first kappa shape index (κ1) is 17.6. The quantitative estimate of drug-likeness (QED) is 0.918. The fourth-order valence-corrected chi connectivity index (χ4v) is 3.41. The Kier molecular flexibility index (Phi) is 5.19. The summed E-state index contributed by atoms with van der Waals surface area (Å²) in [5.74, 6) is -0.244. The molecule has 1 aliphatic rings. The second-order valence-corrected chi connectivity index (χ2v) is 7.05. The highest BCUT2D eigenvalue weighted by molar-refractivity contribution is 5.95. The minimum atomic E-state index is -0.461. The van der Waals surface area contributed by atoms with Crippen LogP contribution < -0.4 is 5.73 Å². The minimum Gasteiger partial charge on any atom is -0.339 e. The molecule has 25 heavy (non-hydrogen) atoms. The molecule has 1 unspecified atom stereocenters. The number of piperidine rings is 1. The van der Waals surface area contributed by atoms with Crippen LogP contribution in [-0.4, -0.2) is 29.9 Å². The predicted molar refractivity (Wildman–Crippen MR) is 98.8 cm³/mol. The van der Waals surface area contributed by atoms with E-state index in [1.807, 2.05) is 44.2 Å². The molecule has 0 radical (unpaired) electrons. The number of carbonyl (C=O) groups is 1. The Labute approximate surface area is 148 Å². The van der Waals surface area contributed by atoms with Crippen LogP contribution in [0.2, 0.25) is 0 Å². The summed E-state index contributed by atoms with van der Waals surface area (Å²) in [5, 5.41) is 0. The van der Waals surface area contributed by atoms with E-state index in [1.54, 1.807) is 11.0 Å². The number of likely N-dealkylation sites (tertiary alicyclic amines) is 1. The summed E-state index contributed by atoms with van der Waals surface area (Å²) >= 11 is 0. The molecular weight excluding hydrogens is 315 g/mol. The van der Waals surface area contributed by atoms with Crippen molar-refractivity contribution in [1.82, 2.24) is 4.90 Å². The Morgan fingerprint density at radius 2 is 1.72 bits per heavy atom. The molecule has 3 rings (SSSR count). The molecule has 1 fully saturated rings. The van der Waals surface area contributed by atoms with Gasteiger partial charge in [-0.2, -0.15) is 0 Å². The lowest BCUT2D eigenvalue weighted by molar-refractivity contribution is 0.0676. The lowest BCUT2D eigenvalue weighted by atomic mass is 9.90. The first-order valence-corrected chi connectivity index (χ1v) is 8.87. The summed E-state index contributed by atoms with van der Waals surface area (Å²) in [7, 11) is 0. The molecule has 2 N–H and O–H groups in total. The molecule has 1 heterocycles. The topological polar surface area (TPSA) is 46.3 Å². The first-order valence-electron chi connectivity index (χ1n) is 8.87. The smallest absolute Gasteiger partial charge is 0.256 e. The van der Waals surface area contributed by atoms with Crippen LogP contribution >= 0.6 is 0 Å². The van der Waals surface area contributed by atoms with Crippen LogP contribution in [0.15, 0.2) is 42.5 Å². The van der Waals surface area contributed by atoms with Gasteiger partial charge < -0.3 is 10.6 Å². The Morgan fingerprint density at radius 1 is 1.12 bits per heavy atom. The molecule has 0 bridgehead atoms. The molecular formula is C21H25FN2O. The van der Waals surface area contributed by atoms with E-state index in [0.29, 0.717) is 19.0 Å². The van der Waals surface area contributed by atoms with Crippen molar-refractivity contribution in [1.29, 1.82) is 0 Å². The zero-order valence-electron chi connectivity index (χ0n) is 14.8. The fraction of sp³-hybridized carbons (Fsp3) is 0.381. The monoisotopic (exact) mass is 340 g/mol. The number of hydrogen-bond donors (Lipinski definition) is 1. The number of halogens is 1. The normalized spacial score (nSPS) is 16.7. The van der Waals surface area contributed by atoms with Gasteiger partial charge in [-0.05, 0) is 55.9 Å². The number of nitrogens with two attached hydrogens (primary N) is 1. The molecule has 1 aliphatic heterocycles. The van der Waals surface area contributed by atoms with Gasteiger partial charge in [-0.15, -0.1) is 0 Å². The Hall–Kier alpha value is -2.20. The van der Waals surface area contributed by atoms with Gasteiger partial charge in [-0.25, -0.2) is 4.39 Å². The third-order valence-corrected chi connectivity index (χ3v) is 5.15. The maximum atomic E-state index is 14.6. The number of rotatable bonds is 3. The first-order chi connectivity index (χ1) is 12.0. The number of aryl methyl sites for hydroxylation is 1. The van der Waals surface area contributed by atoms with Gasteiger partial charge in [-0.3, -0.25) is 4.79 Å². The van der Waals surface area contributed by atoms with E-state index in [1.165, 1.54) is 6.07 Å². The summed E-state index contributed by atoms with van der Waals surface area (Å²) < 4.78 is 14.6. The van der Waals surface area contributed by atoms with Gasteiger partial charge in [0.2, 0.25) is 0 Å². The van der Waals surface area contributed by atoms with Crippen molar-refractivity contribution in [3.8, 4) is 11.1 Å². The summed E-state index contributed by atoms with van der Waals surface area (Å²) in [6, 6.07) is 12.9. The van der Waals surface area contributed by atoms with Crippen LogP contribution in [0.5, 0.6) is 0 Å². The Morgan fingerprint density at radius 3 is 2.28 bits per heavy atom. The lowest BCUT2D eigenvalue weighted by Crippen LogP contribution is -2.42. The van der Waals surface area contributed by atoms with Crippen molar-refractivity contribution >= 4 is 5.91 Å². The highest BCUT2D eigenvalue weighted by Gasteiger charge is 2.26. The van der Waals surface area contributed by atoms with Crippen molar-refractivity contribution in [2.24, 2.45) is 11.7 Å². The van der Waals surface area contributed by atoms with E-state index < -0.39 is 5.82 Å². The minimum absolute atomic E-state index is 0.141. The third kappa shape index (κ3) is 3.90. The standard InChI is InChI=1S/C21H25FN2O/c1-14-3-5-17(6-4-14)18-7-8-19(20(22)13-18)21(25)24-11-9-16(10-12-24)15(2)23/h3-8,13,15-16H,9-12,23H2,1-2H3. The van der Waals surface area contributed by atoms with Crippen molar-refractivity contribution in [3.05, 3.63) is 59.4 Å². The molecule has 1 saturated heterocycles. The summed E-state index contributed by atoms with van der Waals surface area (Å²) in [4.78, 5) is 14.4. The average Bonchev–Trinajstić information content (AvgIpc) is 2.62. The SMILES string of the molecule is Cc1ccc(-c2ccc(C(=O)N3CCC(C(C)N)CC3)c(F)c2)cc1. The molecule has 0 aliphatic carbocycles. The number of nitrogens with zero attached hydrogens (tertiary/aromatic N) is 1. The third-order valence-electron chi connectivity index (χ3n) is 5.15. The summed E-state index contributed by atoms with van der Waals surface area (Å²) in [5.41, 5.74) is 8.98. The molecule has 0 saturated carbocycles. The largest absolute Gasteiger partial charge is 0.339 e. The second kappa shape index (κ2) is 7.36. The van der Waals surface area contributed by atoms with E-state index in [2.05, 4.69) is 0 Å². The van der Waals surface area contributed by atoms with Crippen molar-refractivity contribution in [3.63, 3.8) is 0 Å². The predicted octanol–water partition coefficient (Wildman–Crippen LogP) is 4.00. The van der Waals surface area contributed by atoms with E-state index in [0.717, 1.165) is 29.5 Å². The van der Waals surface area contributed by atoms with Gasteiger partial charge >= 0.3 is 0 Å². The Bertz CT molecular complexity index is 747. The van der Waals surface area contributed by atoms with Crippen LogP contribution in [0, 0.1) is 18.7 Å². The van der Waals surface area contributed by atoms with Gasteiger partial charge in [0.05, 0.1) is 5.56 Å². The highest BCUT2D eigenvalue weighted by atomic mass is 19.1. The van der Waals surface area contributed by atoms with Crippen LogP contribution in [-0.2, 0) is 0 Å². The molecule has 1 atom stereocenters. The van der Waals surface area contributed by atoms with Crippen LogP contribution in [0.4, 0.5) is 4.39 Å². The summed E-state index contributed by atoms with van der Waals surface area (Å²) in [6.07, 6.45) is 1.76. The number of hydrogen-bond acceptors (Lipinski definition) is 2.